The van der Waals surface area contributed by atoms with Crippen LogP contribution in [0.15, 0.2) is 18.3 Å². The molecule has 0 saturated carbocycles. The monoisotopic (exact) mass is 252 g/mol. The summed E-state index contributed by atoms with van der Waals surface area (Å²) in [5.41, 5.74) is 0.733. The van der Waals surface area contributed by atoms with Crippen molar-refractivity contribution in [3.63, 3.8) is 0 Å². The minimum atomic E-state index is -0.194. The summed E-state index contributed by atoms with van der Waals surface area (Å²) in [5.74, 6) is 0.998. The summed E-state index contributed by atoms with van der Waals surface area (Å²) in [6.07, 6.45) is 1.62. The van der Waals surface area contributed by atoms with Gasteiger partial charge >= 0.3 is 0 Å². The summed E-state index contributed by atoms with van der Waals surface area (Å²) in [6, 6.07) is 3.55. The summed E-state index contributed by atoms with van der Waals surface area (Å²) in [5, 5.41) is 15.7. The van der Waals surface area contributed by atoms with Crippen LogP contribution in [0, 0.1) is 4.77 Å². The van der Waals surface area contributed by atoms with E-state index >= 15 is 0 Å². The molecular formula is C10H12N4O2S. The lowest BCUT2D eigenvalue weighted by Crippen LogP contribution is -2.02. The average Bonchev–Trinajstić information content (AvgIpc) is 2.72. The molecule has 0 aliphatic rings. The number of aliphatic hydroxyl groups is 1. The predicted molar refractivity (Wildman–Crippen MR) is 63.6 cm³/mol. The Morgan fingerprint density at radius 2 is 2.35 bits per heavy atom. The van der Waals surface area contributed by atoms with E-state index in [2.05, 4.69) is 15.2 Å². The van der Waals surface area contributed by atoms with Gasteiger partial charge in [0.05, 0.1) is 18.5 Å². The molecule has 0 aromatic carbocycles. The number of ether oxygens (including phenoxy) is 1. The lowest BCUT2D eigenvalue weighted by molar-refractivity contribution is 0.268. The number of pyridine rings is 1. The maximum atomic E-state index is 9.14. The van der Waals surface area contributed by atoms with Gasteiger partial charge in [-0.3, -0.25) is 9.67 Å². The van der Waals surface area contributed by atoms with Gasteiger partial charge in [-0.25, -0.2) is 4.98 Å². The first kappa shape index (κ1) is 11.7. The fourth-order valence-electron chi connectivity index (χ4n) is 1.44. The molecule has 6 nitrogen and oxygen atoms in total. The Bertz CT molecular complexity index is 546. The second-order valence-electron chi connectivity index (χ2n) is 3.23. The Labute approximate surface area is 103 Å². The highest BCUT2D eigenvalue weighted by atomic mass is 32.1. The summed E-state index contributed by atoms with van der Waals surface area (Å²) in [4.78, 5) is 4.13. The molecule has 0 atom stereocenters. The lowest BCUT2D eigenvalue weighted by atomic mass is 10.4. The second kappa shape index (κ2) is 5.07. The molecule has 2 aromatic heterocycles. The number of aliphatic hydroxyl groups excluding tert-OH is 1. The molecule has 17 heavy (non-hydrogen) atoms. The Morgan fingerprint density at radius 1 is 1.53 bits per heavy atom. The van der Waals surface area contributed by atoms with Crippen LogP contribution < -0.4 is 4.74 Å². The van der Waals surface area contributed by atoms with Crippen molar-refractivity contribution in [3.05, 3.63) is 28.9 Å². The highest BCUT2D eigenvalue weighted by Crippen LogP contribution is 2.13. The molecule has 2 aromatic rings. The van der Waals surface area contributed by atoms with Gasteiger partial charge in [0.15, 0.2) is 10.6 Å². The van der Waals surface area contributed by atoms with Gasteiger partial charge in [0.25, 0.3) is 0 Å². The minimum Gasteiger partial charge on any atom is -0.478 e. The predicted octanol–water partition coefficient (Wildman–Crippen LogP) is 1.22. The average molecular weight is 252 g/mol. The largest absolute Gasteiger partial charge is 0.478 e. The van der Waals surface area contributed by atoms with Crippen LogP contribution in [0.4, 0.5) is 0 Å². The molecule has 2 rings (SSSR count). The molecule has 0 fully saturated rings. The number of aromatic nitrogens is 4. The highest BCUT2D eigenvalue weighted by Gasteiger charge is 2.07. The van der Waals surface area contributed by atoms with Crippen LogP contribution in [0.3, 0.4) is 0 Å². The third kappa shape index (κ3) is 2.34. The van der Waals surface area contributed by atoms with E-state index in [0.29, 0.717) is 23.1 Å². The number of hydrogen-bond acceptors (Lipinski definition) is 5. The van der Waals surface area contributed by atoms with Crippen molar-refractivity contribution >= 4 is 12.2 Å². The fourth-order valence-corrected chi connectivity index (χ4v) is 1.70. The molecule has 0 aliphatic heterocycles. The molecule has 0 saturated heterocycles. The SMILES string of the molecule is CCOc1ccc(-n2c(CO)n[nH]c2=S)cn1. The van der Waals surface area contributed by atoms with Crippen LogP contribution in [-0.4, -0.2) is 31.5 Å². The zero-order valence-corrected chi connectivity index (χ0v) is 10.1. The van der Waals surface area contributed by atoms with Gasteiger partial charge in [0.1, 0.15) is 6.61 Å². The molecule has 7 heteroatoms. The number of rotatable bonds is 4. The molecule has 0 amide bonds. The van der Waals surface area contributed by atoms with Gasteiger partial charge in [0, 0.05) is 6.07 Å². The maximum Gasteiger partial charge on any atom is 0.213 e. The van der Waals surface area contributed by atoms with E-state index in [4.69, 9.17) is 22.1 Å². The van der Waals surface area contributed by atoms with Crippen LogP contribution in [0.2, 0.25) is 0 Å². The van der Waals surface area contributed by atoms with Crippen LogP contribution in [0.5, 0.6) is 5.88 Å². The van der Waals surface area contributed by atoms with Crippen molar-refractivity contribution in [2.75, 3.05) is 6.61 Å². The lowest BCUT2D eigenvalue weighted by Gasteiger charge is -2.06. The Hall–Kier alpha value is -1.73. The van der Waals surface area contributed by atoms with Crippen molar-refractivity contribution in [1.29, 1.82) is 0 Å². The second-order valence-corrected chi connectivity index (χ2v) is 3.61. The number of nitrogens with one attached hydrogen (secondary N) is 1. The van der Waals surface area contributed by atoms with E-state index in [1.54, 1.807) is 16.8 Å². The molecule has 0 spiro atoms. The number of hydrogen-bond donors (Lipinski definition) is 2. The first-order valence-corrected chi connectivity index (χ1v) is 5.53. The zero-order valence-electron chi connectivity index (χ0n) is 9.25. The molecule has 90 valence electrons. The number of nitrogens with zero attached hydrogens (tertiary/aromatic N) is 3. The minimum absolute atomic E-state index is 0.194. The zero-order chi connectivity index (χ0) is 12.3. The van der Waals surface area contributed by atoms with Crippen LogP contribution >= 0.6 is 12.2 Å². The van der Waals surface area contributed by atoms with Crippen LogP contribution in [0.25, 0.3) is 5.69 Å². The third-order valence-electron chi connectivity index (χ3n) is 2.15. The van der Waals surface area contributed by atoms with Gasteiger partial charge in [0.2, 0.25) is 5.88 Å². The van der Waals surface area contributed by atoms with E-state index in [1.807, 2.05) is 13.0 Å². The maximum absolute atomic E-state index is 9.14. The molecule has 0 aliphatic carbocycles. The van der Waals surface area contributed by atoms with E-state index in [-0.39, 0.29) is 6.61 Å². The fraction of sp³-hybridized carbons (Fsp3) is 0.300. The van der Waals surface area contributed by atoms with Crippen LogP contribution in [-0.2, 0) is 6.61 Å². The molecule has 2 N–H and O–H groups in total. The normalized spacial score (nSPS) is 10.5. The Morgan fingerprint density at radius 3 is 2.94 bits per heavy atom. The van der Waals surface area contributed by atoms with E-state index in [0.717, 1.165) is 5.69 Å². The molecule has 0 bridgehead atoms. The van der Waals surface area contributed by atoms with Crippen molar-refractivity contribution in [2.45, 2.75) is 13.5 Å². The first-order valence-electron chi connectivity index (χ1n) is 5.12. The first-order chi connectivity index (χ1) is 8.26. The van der Waals surface area contributed by atoms with Gasteiger partial charge in [-0.1, -0.05) is 0 Å². The Balaban J connectivity index is 2.39. The van der Waals surface area contributed by atoms with Gasteiger partial charge in [-0.15, -0.1) is 0 Å². The summed E-state index contributed by atoms with van der Waals surface area (Å²) < 4.78 is 7.29. The van der Waals surface area contributed by atoms with E-state index in [1.165, 1.54) is 0 Å². The van der Waals surface area contributed by atoms with Crippen molar-refractivity contribution in [1.82, 2.24) is 19.7 Å². The van der Waals surface area contributed by atoms with E-state index < -0.39 is 0 Å². The topological polar surface area (TPSA) is 76.0 Å². The number of H-pyrrole nitrogens is 1. The van der Waals surface area contributed by atoms with Gasteiger partial charge in [-0.05, 0) is 25.2 Å². The van der Waals surface area contributed by atoms with Crippen LogP contribution in [0.1, 0.15) is 12.7 Å². The third-order valence-corrected chi connectivity index (χ3v) is 2.43. The molecule has 0 radical (unpaired) electrons. The van der Waals surface area contributed by atoms with Gasteiger partial charge in [-0.2, -0.15) is 5.10 Å². The van der Waals surface area contributed by atoms with Crippen molar-refractivity contribution in [3.8, 4) is 11.6 Å². The molecule has 2 heterocycles. The van der Waals surface area contributed by atoms with Gasteiger partial charge < -0.3 is 9.84 Å². The van der Waals surface area contributed by atoms with E-state index in [9.17, 15) is 0 Å². The van der Waals surface area contributed by atoms with Crippen molar-refractivity contribution in [2.24, 2.45) is 0 Å². The summed E-state index contributed by atoms with van der Waals surface area (Å²) in [7, 11) is 0. The molecular weight excluding hydrogens is 240 g/mol. The quantitative estimate of drug-likeness (QED) is 0.800. The summed E-state index contributed by atoms with van der Waals surface area (Å²) >= 11 is 5.08. The van der Waals surface area contributed by atoms with Crippen molar-refractivity contribution < 1.29 is 9.84 Å². The smallest absolute Gasteiger partial charge is 0.213 e. The standard InChI is InChI=1S/C10H12N4O2S/c1-2-16-9-4-3-7(5-11-9)14-8(6-15)12-13-10(14)17/h3-5,15H,2,6H2,1H3,(H,13,17). The Kier molecular flexibility index (Phi) is 3.50. The summed E-state index contributed by atoms with van der Waals surface area (Å²) in [6.45, 7) is 2.27. The highest BCUT2D eigenvalue weighted by molar-refractivity contribution is 7.71. The number of aromatic amines is 1. The molecule has 0 unspecified atom stereocenters.